The first-order chi connectivity index (χ1) is 13.4. The quantitative estimate of drug-likeness (QED) is 0.771. The van der Waals surface area contributed by atoms with E-state index in [4.69, 9.17) is 15.2 Å². The molecule has 1 fully saturated rings. The van der Waals surface area contributed by atoms with Crippen LogP contribution in [0.3, 0.4) is 0 Å². The van der Waals surface area contributed by atoms with E-state index < -0.39 is 11.2 Å². The summed E-state index contributed by atoms with van der Waals surface area (Å²) in [6.45, 7) is 6.93. The molecule has 2 heterocycles. The molecule has 1 aromatic carbocycles. The van der Waals surface area contributed by atoms with Crippen LogP contribution in [0.1, 0.15) is 31.0 Å². The van der Waals surface area contributed by atoms with Crippen LogP contribution in [0.2, 0.25) is 0 Å². The molecule has 8 heteroatoms. The van der Waals surface area contributed by atoms with Crippen molar-refractivity contribution in [2.75, 3.05) is 39.1 Å². The van der Waals surface area contributed by atoms with Crippen LogP contribution >= 0.6 is 0 Å². The van der Waals surface area contributed by atoms with E-state index >= 15 is 0 Å². The number of anilines is 1. The number of benzene rings is 1. The number of rotatable bonds is 6. The summed E-state index contributed by atoms with van der Waals surface area (Å²) in [5.41, 5.74) is 6.78. The van der Waals surface area contributed by atoms with Gasteiger partial charge in [-0.2, -0.15) is 0 Å². The standard InChI is InChI=1S/C20H28N4O4/c1-13(2)12-24-18(21)16(19(25)22-20(24)26)17(23-8-10-28-11-9-23)14-4-6-15(27-3)7-5-14/h4-7,13,17H,8-12,21H2,1-3H3,(H,22,25,26)/t17-/m1/s1. The number of nitrogens with two attached hydrogens (primary N) is 1. The van der Waals surface area contributed by atoms with Crippen LogP contribution in [-0.4, -0.2) is 47.9 Å². The Kier molecular flexibility index (Phi) is 6.21. The van der Waals surface area contributed by atoms with Gasteiger partial charge < -0.3 is 15.2 Å². The molecule has 152 valence electrons. The van der Waals surface area contributed by atoms with E-state index in [2.05, 4.69) is 9.88 Å². The Hall–Kier alpha value is -2.58. The fourth-order valence-corrected chi connectivity index (χ4v) is 3.60. The van der Waals surface area contributed by atoms with E-state index in [1.54, 1.807) is 7.11 Å². The molecule has 28 heavy (non-hydrogen) atoms. The maximum absolute atomic E-state index is 12.8. The van der Waals surface area contributed by atoms with Gasteiger partial charge >= 0.3 is 5.69 Å². The van der Waals surface area contributed by atoms with Crippen LogP contribution in [0.4, 0.5) is 5.82 Å². The third kappa shape index (κ3) is 4.13. The number of ether oxygens (including phenoxy) is 2. The summed E-state index contributed by atoms with van der Waals surface area (Å²) < 4.78 is 12.2. The summed E-state index contributed by atoms with van der Waals surface area (Å²) >= 11 is 0. The number of morpholine rings is 1. The van der Waals surface area contributed by atoms with Gasteiger partial charge in [0.2, 0.25) is 0 Å². The summed E-state index contributed by atoms with van der Waals surface area (Å²) in [5, 5.41) is 0. The van der Waals surface area contributed by atoms with Gasteiger partial charge in [-0.05, 0) is 23.6 Å². The number of hydrogen-bond donors (Lipinski definition) is 2. The van der Waals surface area contributed by atoms with Gasteiger partial charge in [0.25, 0.3) is 5.56 Å². The lowest BCUT2D eigenvalue weighted by molar-refractivity contribution is 0.0237. The zero-order valence-corrected chi connectivity index (χ0v) is 16.6. The average molecular weight is 388 g/mol. The summed E-state index contributed by atoms with van der Waals surface area (Å²) in [6, 6.07) is 7.19. The summed E-state index contributed by atoms with van der Waals surface area (Å²) in [7, 11) is 1.61. The number of H-pyrrole nitrogens is 1. The highest BCUT2D eigenvalue weighted by Gasteiger charge is 2.30. The van der Waals surface area contributed by atoms with Crippen LogP contribution in [0, 0.1) is 5.92 Å². The van der Waals surface area contributed by atoms with Crippen molar-refractivity contribution in [2.45, 2.75) is 26.4 Å². The molecule has 0 radical (unpaired) electrons. The Morgan fingerprint density at radius 2 is 1.82 bits per heavy atom. The number of methoxy groups -OCH3 is 1. The Morgan fingerprint density at radius 3 is 2.39 bits per heavy atom. The highest BCUT2D eigenvalue weighted by molar-refractivity contribution is 5.46. The smallest absolute Gasteiger partial charge is 0.329 e. The number of aromatic nitrogens is 2. The van der Waals surface area contributed by atoms with Gasteiger partial charge in [-0.3, -0.25) is 19.2 Å². The minimum atomic E-state index is -0.476. The van der Waals surface area contributed by atoms with Crippen molar-refractivity contribution in [3.8, 4) is 5.75 Å². The zero-order valence-electron chi connectivity index (χ0n) is 16.6. The van der Waals surface area contributed by atoms with Crippen molar-refractivity contribution < 1.29 is 9.47 Å². The molecule has 1 aliphatic heterocycles. The molecule has 8 nitrogen and oxygen atoms in total. The van der Waals surface area contributed by atoms with Gasteiger partial charge in [0.05, 0.1) is 31.9 Å². The first kappa shape index (κ1) is 20.2. The lowest BCUT2D eigenvalue weighted by Gasteiger charge is -2.35. The van der Waals surface area contributed by atoms with Crippen molar-refractivity contribution >= 4 is 5.82 Å². The molecule has 0 spiro atoms. The monoisotopic (exact) mass is 388 g/mol. The summed E-state index contributed by atoms with van der Waals surface area (Å²) in [4.78, 5) is 29.8. The Balaban J connectivity index is 2.16. The lowest BCUT2D eigenvalue weighted by Crippen LogP contribution is -2.44. The van der Waals surface area contributed by atoms with Gasteiger partial charge in [0.15, 0.2) is 0 Å². The molecule has 1 aliphatic rings. The minimum Gasteiger partial charge on any atom is -0.497 e. The molecule has 3 rings (SSSR count). The topological polar surface area (TPSA) is 103 Å². The molecular formula is C20H28N4O4. The fourth-order valence-electron chi connectivity index (χ4n) is 3.60. The molecule has 1 saturated heterocycles. The third-order valence-corrected chi connectivity index (χ3v) is 4.94. The second-order valence-corrected chi connectivity index (χ2v) is 7.39. The Labute approximate surface area is 163 Å². The van der Waals surface area contributed by atoms with Crippen molar-refractivity contribution in [1.82, 2.24) is 14.5 Å². The van der Waals surface area contributed by atoms with Gasteiger partial charge in [-0.25, -0.2) is 4.79 Å². The van der Waals surface area contributed by atoms with E-state index in [0.717, 1.165) is 11.3 Å². The summed E-state index contributed by atoms with van der Waals surface area (Å²) in [5.74, 6) is 1.16. The number of nitrogen functional groups attached to an aromatic ring is 1. The molecule has 0 bridgehead atoms. The van der Waals surface area contributed by atoms with Crippen molar-refractivity contribution in [1.29, 1.82) is 0 Å². The van der Waals surface area contributed by atoms with E-state index in [-0.39, 0.29) is 17.8 Å². The van der Waals surface area contributed by atoms with Crippen LogP contribution in [0.5, 0.6) is 5.75 Å². The number of aromatic amines is 1. The van der Waals surface area contributed by atoms with E-state index in [1.807, 2.05) is 38.1 Å². The SMILES string of the molecule is COc1ccc([C@H](c2c(N)n(CC(C)C)c(=O)[nH]c2=O)N2CCOCC2)cc1. The lowest BCUT2D eigenvalue weighted by atomic mass is 9.97. The number of hydrogen-bond acceptors (Lipinski definition) is 6. The molecule has 0 amide bonds. The normalized spacial score (nSPS) is 16.3. The summed E-state index contributed by atoms with van der Waals surface area (Å²) in [6.07, 6.45) is 0. The van der Waals surface area contributed by atoms with Crippen LogP contribution in [0.15, 0.2) is 33.9 Å². The van der Waals surface area contributed by atoms with Gasteiger partial charge in [0.1, 0.15) is 11.6 Å². The highest BCUT2D eigenvalue weighted by atomic mass is 16.5. The minimum absolute atomic E-state index is 0.210. The fraction of sp³-hybridized carbons (Fsp3) is 0.500. The van der Waals surface area contributed by atoms with Crippen molar-refractivity contribution in [3.63, 3.8) is 0 Å². The van der Waals surface area contributed by atoms with E-state index in [0.29, 0.717) is 38.4 Å². The first-order valence-electron chi connectivity index (χ1n) is 9.50. The average Bonchev–Trinajstić information content (AvgIpc) is 2.69. The molecular weight excluding hydrogens is 360 g/mol. The van der Waals surface area contributed by atoms with Gasteiger partial charge in [-0.15, -0.1) is 0 Å². The van der Waals surface area contributed by atoms with Gasteiger partial charge in [0, 0.05) is 19.6 Å². The highest BCUT2D eigenvalue weighted by Crippen LogP contribution is 2.31. The largest absolute Gasteiger partial charge is 0.497 e. The van der Waals surface area contributed by atoms with Crippen LogP contribution < -0.4 is 21.7 Å². The maximum Gasteiger partial charge on any atom is 0.329 e. The number of nitrogens with one attached hydrogen (secondary N) is 1. The third-order valence-electron chi connectivity index (χ3n) is 4.94. The van der Waals surface area contributed by atoms with Crippen molar-refractivity contribution in [3.05, 3.63) is 56.2 Å². The van der Waals surface area contributed by atoms with E-state index in [1.165, 1.54) is 4.57 Å². The molecule has 3 N–H and O–H groups in total. The Morgan fingerprint density at radius 1 is 1.18 bits per heavy atom. The predicted molar refractivity (Wildman–Crippen MR) is 108 cm³/mol. The first-order valence-corrected chi connectivity index (χ1v) is 9.50. The Bertz CT molecular complexity index is 911. The maximum atomic E-state index is 12.8. The zero-order chi connectivity index (χ0) is 20.3. The predicted octanol–water partition coefficient (Wildman–Crippen LogP) is 1.21. The molecule has 1 aromatic heterocycles. The van der Waals surface area contributed by atoms with Crippen LogP contribution in [-0.2, 0) is 11.3 Å². The number of nitrogens with zero attached hydrogens (tertiary/aromatic N) is 2. The van der Waals surface area contributed by atoms with Crippen LogP contribution in [0.25, 0.3) is 0 Å². The molecule has 1 atom stereocenters. The van der Waals surface area contributed by atoms with E-state index in [9.17, 15) is 9.59 Å². The second-order valence-electron chi connectivity index (χ2n) is 7.39. The van der Waals surface area contributed by atoms with Crippen molar-refractivity contribution in [2.24, 2.45) is 5.92 Å². The van der Waals surface area contributed by atoms with Gasteiger partial charge in [-0.1, -0.05) is 26.0 Å². The molecule has 0 aliphatic carbocycles. The second kappa shape index (κ2) is 8.62. The molecule has 0 unspecified atom stereocenters. The molecule has 0 saturated carbocycles. The molecule has 2 aromatic rings.